The maximum absolute atomic E-state index is 13.2. The second kappa shape index (κ2) is 6.76. The van der Waals surface area contributed by atoms with Crippen molar-refractivity contribution in [3.63, 3.8) is 0 Å². The van der Waals surface area contributed by atoms with Gasteiger partial charge in [0.1, 0.15) is 5.82 Å². The zero-order valence-corrected chi connectivity index (χ0v) is 11.5. The molecule has 0 radical (unpaired) electrons. The highest BCUT2D eigenvalue weighted by Crippen LogP contribution is 2.22. The minimum Gasteiger partial charge on any atom is -0.481 e. The van der Waals surface area contributed by atoms with E-state index in [9.17, 15) is 14.3 Å². The first-order valence-electron chi connectivity index (χ1n) is 6.75. The number of carboxylic acids is 1. The predicted octanol–water partition coefficient (Wildman–Crippen LogP) is 1.53. The molecule has 0 spiro atoms. The molecule has 1 aliphatic heterocycles. The summed E-state index contributed by atoms with van der Waals surface area (Å²) in [4.78, 5) is 17.1. The molecule has 2 rings (SSSR count). The second-order valence-corrected chi connectivity index (χ2v) is 5.03. The third-order valence-electron chi connectivity index (χ3n) is 3.49. The molecular formula is C14H19FN2O3. The minimum absolute atomic E-state index is 0.171. The van der Waals surface area contributed by atoms with Gasteiger partial charge in [0.05, 0.1) is 25.3 Å². The molecule has 0 aliphatic carbocycles. The van der Waals surface area contributed by atoms with Crippen molar-refractivity contribution >= 4 is 5.97 Å². The number of nitrogens with zero attached hydrogens (tertiary/aromatic N) is 2. The van der Waals surface area contributed by atoms with E-state index in [1.165, 1.54) is 6.07 Å². The van der Waals surface area contributed by atoms with Crippen LogP contribution in [0.3, 0.4) is 0 Å². The zero-order chi connectivity index (χ0) is 14.5. The van der Waals surface area contributed by atoms with Crippen LogP contribution < -0.4 is 0 Å². The van der Waals surface area contributed by atoms with Gasteiger partial charge in [0.2, 0.25) is 0 Å². The van der Waals surface area contributed by atoms with Crippen molar-refractivity contribution in [2.75, 3.05) is 19.8 Å². The quantitative estimate of drug-likeness (QED) is 0.857. The summed E-state index contributed by atoms with van der Waals surface area (Å²) < 4.78 is 18.5. The third-order valence-corrected chi connectivity index (χ3v) is 3.49. The summed E-state index contributed by atoms with van der Waals surface area (Å²) >= 11 is 0. The Bertz CT molecular complexity index is 469. The average Bonchev–Trinajstić information content (AvgIpc) is 2.87. The lowest BCUT2D eigenvalue weighted by Crippen LogP contribution is -2.43. The van der Waals surface area contributed by atoms with Gasteiger partial charge in [0.15, 0.2) is 0 Å². The van der Waals surface area contributed by atoms with Gasteiger partial charge in [0, 0.05) is 18.8 Å². The first kappa shape index (κ1) is 14.9. The van der Waals surface area contributed by atoms with E-state index >= 15 is 0 Å². The highest BCUT2D eigenvalue weighted by Gasteiger charge is 2.37. The summed E-state index contributed by atoms with van der Waals surface area (Å²) in [5.74, 6) is -1.74. The van der Waals surface area contributed by atoms with E-state index in [4.69, 9.17) is 4.74 Å². The van der Waals surface area contributed by atoms with E-state index in [1.807, 2.05) is 11.8 Å². The second-order valence-electron chi connectivity index (χ2n) is 5.03. The molecule has 2 atom stereocenters. The highest BCUT2D eigenvalue weighted by molar-refractivity contribution is 5.71. The predicted molar refractivity (Wildman–Crippen MR) is 70.6 cm³/mol. The summed E-state index contributed by atoms with van der Waals surface area (Å²) in [6.45, 7) is 3.90. The van der Waals surface area contributed by atoms with Crippen molar-refractivity contribution in [1.82, 2.24) is 9.88 Å². The third kappa shape index (κ3) is 3.52. The van der Waals surface area contributed by atoms with E-state index in [-0.39, 0.29) is 18.5 Å². The average molecular weight is 282 g/mol. The minimum atomic E-state index is -0.842. The SMILES string of the molecule is CCCN(Cc1cncc(F)c1)C1COCC1C(=O)O. The fraction of sp³-hybridized carbons (Fsp3) is 0.571. The van der Waals surface area contributed by atoms with Crippen LogP contribution >= 0.6 is 0 Å². The zero-order valence-electron chi connectivity index (χ0n) is 11.5. The Hall–Kier alpha value is -1.53. The van der Waals surface area contributed by atoms with Crippen LogP contribution in [0.25, 0.3) is 0 Å². The summed E-state index contributed by atoms with van der Waals surface area (Å²) in [6.07, 6.45) is 3.66. The maximum Gasteiger partial charge on any atom is 0.310 e. The molecule has 2 heterocycles. The molecule has 20 heavy (non-hydrogen) atoms. The van der Waals surface area contributed by atoms with Crippen LogP contribution in [0.1, 0.15) is 18.9 Å². The topological polar surface area (TPSA) is 62.7 Å². The van der Waals surface area contributed by atoms with Crippen LogP contribution in [0.5, 0.6) is 0 Å². The van der Waals surface area contributed by atoms with Crippen LogP contribution in [0.4, 0.5) is 4.39 Å². The number of hydrogen-bond donors (Lipinski definition) is 1. The van der Waals surface area contributed by atoms with Gasteiger partial charge < -0.3 is 9.84 Å². The van der Waals surface area contributed by atoms with Gasteiger partial charge in [-0.05, 0) is 24.6 Å². The van der Waals surface area contributed by atoms with E-state index < -0.39 is 11.9 Å². The monoisotopic (exact) mass is 282 g/mol. The normalized spacial score (nSPS) is 22.4. The largest absolute Gasteiger partial charge is 0.481 e. The Morgan fingerprint density at radius 2 is 2.35 bits per heavy atom. The Morgan fingerprint density at radius 3 is 3.00 bits per heavy atom. The van der Waals surface area contributed by atoms with Gasteiger partial charge in [-0.25, -0.2) is 4.39 Å². The molecule has 5 nitrogen and oxygen atoms in total. The number of aromatic nitrogens is 1. The number of carbonyl (C=O) groups is 1. The van der Waals surface area contributed by atoms with Crippen molar-refractivity contribution < 1.29 is 19.0 Å². The van der Waals surface area contributed by atoms with Crippen LogP contribution in [0.15, 0.2) is 18.5 Å². The highest BCUT2D eigenvalue weighted by atomic mass is 19.1. The molecule has 1 aromatic rings. The van der Waals surface area contributed by atoms with Gasteiger partial charge >= 0.3 is 5.97 Å². The first-order valence-corrected chi connectivity index (χ1v) is 6.75. The molecule has 0 bridgehead atoms. The van der Waals surface area contributed by atoms with Gasteiger partial charge in [-0.15, -0.1) is 0 Å². The van der Waals surface area contributed by atoms with Crippen LogP contribution in [0.2, 0.25) is 0 Å². The molecule has 1 aliphatic rings. The van der Waals surface area contributed by atoms with Gasteiger partial charge in [-0.2, -0.15) is 0 Å². The van der Waals surface area contributed by atoms with Crippen molar-refractivity contribution in [3.8, 4) is 0 Å². The molecule has 2 unspecified atom stereocenters. The van der Waals surface area contributed by atoms with E-state index in [1.54, 1.807) is 6.20 Å². The molecule has 6 heteroatoms. The van der Waals surface area contributed by atoms with E-state index in [0.717, 1.165) is 24.7 Å². The first-order chi connectivity index (χ1) is 9.61. The lowest BCUT2D eigenvalue weighted by atomic mass is 10.0. The standard InChI is InChI=1S/C14H19FN2O3/c1-2-3-17(7-10-4-11(15)6-16-5-10)13-9-20-8-12(13)14(18)19/h4-6,12-13H,2-3,7-9H2,1H3,(H,18,19). The summed E-state index contributed by atoms with van der Waals surface area (Å²) in [5, 5.41) is 9.23. The van der Waals surface area contributed by atoms with Crippen molar-refractivity contribution in [1.29, 1.82) is 0 Å². The molecule has 1 saturated heterocycles. The number of aliphatic carboxylic acids is 1. The Kier molecular flexibility index (Phi) is 5.03. The molecule has 1 fully saturated rings. The summed E-state index contributed by atoms with van der Waals surface area (Å²) in [6, 6.07) is 1.26. The molecule has 0 aromatic carbocycles. The molecule has 110 valence electrons. The Labute approximate surface area is 117 Å². The Balaban J connectivity index is 2.12. The molecule has 1 N–H and O–H groups in total. The number of carboxylic acid groups (broad SMARTS) is 1. The van der Waals surface area contributed by atoms with Crippen LogP contribution in [-0.2, 0) is 16.1 Å². The fourth-order valence-electron chi connectivity index (χ4n) is 2.56. The van der Waals surface area contributed by atoms with Gasteiger partial charge in [0.25, 0.3) is 0 Å². The van der Waals surface area contributed by atoms with Crippen LogP contribution in [0, 0.1) is 11.7 Å². The molecule has 1 aromatic heterocycles. The number of halogens is 1. The number of pyridine rings is 1. The summed E-state index contributed by atoms with van der Waals surface area (Å²) in [7, 11) is 0. The fourth-order valence-corrected chi connectivity index (χ4v) is 2.56. The number of rotatable bonds is 6. The van der Waals surface area contributed by atoms with E-state index in [2.05, 4.69) is 4.98 Å². The van der Waals surface area contributed by atoms with Crippen molar-refractivity contribution in [3.05, 3.63) is 29.8 Å². The molecule has 0 amide bonds. The maximum atomic E-state index is 13.2. The Morgan fingerprint density at radius 1 is 1.55 bits per heavy atom. The van der Waals surface area contributed by atoms with E-state index in [0.29, 0.717) is 13.2 Å². The molecule has 0 saturated carbocycles. The lowest BCUT2D eigenvalue weighted by molar-refractivity contribution is -0.143. The van der Waals surface area contributed by atoms with Gasteiger partial charge in [-0.3, -0.25) is 14.7 Å². The lowest BCUT2D eigenvalue weighted by Gasteiger charge is -2.30. The van der Waals surface area contributed by atoms with Crippen molar-refractivity contribution in [2.24, 2.45) is 5.92 Å². The summed E-state index contributed by atoms with van der Waals surface area (Å²) in [5.41, 5.74) is 0.745. The smallest absolute Gasteiger partial charge is 0.310 e. The van der Waals surface area contributed by atoms with Crippen molar-refractivity contribution in [2.45, 2.75) is 25.9 Å². The van der Waals surface area contributed by atoms with Crippen LogP contribution in [-0.4, -0.2) is 46.8 Å². The van der Waals surface area contributed by atoms with Gasteiger partial charge in [-0.1, -0.05) is 6.92 Å². The number of hydrogen-bond acceptors (Lipinski definition) is 4. The molecular weight excluding hydrogens is 263 g/mol. The number of ether oxygens (including phenoxy) is 1.